The normalized spacial score (nSPS) is 11.9. The van der Waals surface area contributed by atoms with E-state index in [1.54, 1.807) is 51.2 Å². The van der Waals surface area contributed by atoms with E-state index in [9.17, 15) is 23.2 Å². The molecule has 0 saturated carbocycles. The molecule has 0 spiro atoms. The Morgan fingerprint density at radius 2 is 1.74 bits per heavy atom. The molecule has 0 radical (unpaired) electrons. The number of aromatic nitrogens is 4. The van der Waals surface area contributed by atoms with E-state index < -0.39 is 42.9 Å². The molecule has 0 unspecified atom stereocenters. The van der Waals surface area contributed by atoms with E-state index in [0.29, 0.717) is 34.5 Å². The number of hydrogen-bond donors (Lipinski definition) is 1. The van der Waals surface area contributed by atoms with Crippen LogP contribution in [0.15, 0.2) is 71.9 Å². The van der Waals surface area contributed by atoms with Gasteiger partial charge in [0.15, 0.2) is 11.6 Å². The van der Waals surface area contributed by atoms with Gasteiger partial charge in [0.1, 0.15) is 18.1 Å². The van der Waals surface area contributed by atoms with Crippen LogP contribution in [0.2, 0.25) is 25.7 Å². The molecule has 264 valence electrons. The first kappa shape index (κ1) is 36.2. The van der Waals surface area contributed by atoms with Crippen LogP contribution < -0.4 is 15.6 Å². The van der Waals surface area contributed by atoms with Crippen LogP contribution in [-0.4, -0.2) is 58.3 Å². The van der Waals surface area contributed by atoms with Crippen molar-refractivity contribution in [3.63, 3.8) is 0 Å². The van der Waals surface area contributed by atoms with Gasteiger partial charge in [-0.05, 0) is 74.8 Å². The largest absolute Gasteiger partial charge is 0.497 e. The van der Waals surface area contributed by atoms with Gasteiger partial charge in [-0.1, -0.05) is 25.7 Å². The molecule has 0 atom stereocenters. The number of anilines is 1. The second kappa shape index (κ2) is 14.4. The van der Waals surface area contributed by atoms with Gasteiger partial charge in [-0.2, -0.15) is 5.10 Å². The van der Waals surface area contributed by atoms with Gasteiger partial charge in [0.25, 0.3) is 11.5 Å². The minimum Gasteiger partial charge on any atom is -0.497 e. The lowest BCUT2D eigenvalue weighted by atomic mass is 10.1. The predicted molar refractivity (Wildman–Crippen MR) is 190 cm³/mol. The standard InChI is InChI=1S/C36H41F2N5O6Si/c1-36(2,3)49-35(46)43-31-11-9-27(47-4)15-24(31)17-32(43)28-16-25(20-41(34(28)45)22-48-12-13-50(5,6)7)33(44)40-26-18-39-42(21-26)19-23-8-10-29(37)30(38)14-23/h8-11,14-18,20-21H,12-13,19,22H2,1-7H3,(H,40,44). The van der Waals surface area contributed by atoms with Crippen molar-refractivity contribution in [1.29, 1.82) is 0 Å². The highest BCUT2D eigenvalue weighted by Crippen LogP contribution is 2.31. The number of pyridine rings is 1. The minimum atomic E-state index is -1.42. The fourth-order valence-corrected chi connectivity index (χ4v) is 5.90. The van der Waals surface area contributed by atoms with Gasteiger partial charge in [-0.15, -0.1) is 0 Å². The summed E-state index contributed by atoms with van der Waals surface area (Å²) in [6, 6.07) is 12.7. The average Bonchev–Trinajstić information content (AvgIpc) is 3.63. The second-order valence-corrected chi connectivity index (χ2v) is 19.8. The summed E-state index contributed by atoms with van der Waals surface area (Å²) in [6.45, 7) is 12.3. The number of nitrogens with one attached hydrogen (secondary N) is 1. The van der Waals surface area contributed by atoms with Gasteiger partial charge in [0, 0.05) is 32.5 Å². The Bertz CT molecular complexity index is 2110. The van der Waals surface area contributed by atoms with Crippen LogP contribution in [0.3, 0.4) is 0 Å². The maximum atomic E-state index is 14.1. The summed E-state index contributed by atoms with van der Waals surface area (Å²) in [5.41, 5.74) is 0.383. The number of nitrogens with zero attached hydrogens (tertiary/aromatic N) is 4. The van der Waals surface area contributed by atoms with Crippen molar-refractivity contribution in [2.75, 3.05) is 19.0 Å². The van der Waals surface area contributed by atoms with E-state index in [-0.39, 0.29) is 30.1 Å². The van der Waals surface area contributed by atoms with Gasteiger partial charge in [-0.25, -0.2) is 18.1 Å². The first-order chi connectivity index (χ1) is 23.5. The summed E-state index contributed by atoms with van der Waals surface area (Å²) in [4.78, 5) is 41.5. The highest BCUT2D eigenvalue weighted by atomic mass is 28.3. The lowest BCUT2D eigenvalue weighted by Crippen LogP contribution is -2.30. The summed E-state index contributed by atoms with van der Waals surface area (Å²) in [5.74, 6) is -1.92. The summed E-state index contributed by atoms with van der Waals surface area (Å²) in [7, 11) is 0.106. The van der Waals surface area contributed by atoms with Gasteiger partial charge in [0.2, 0.25) is 0 Å². The molecule has 14 heteroatoms. The molecule has 1 N–H and O–H groups in total. The van der Waals surface area contributed by atoms with E-state index >= 15 is 0 Å². The first-order valence-electron chi connectivity index (χ1n) is 16.0. The maximum Gasteiger partial charge on any atom is 0.419 e. The van der Waals surface area contributed by atoms with Crippen molar-refractivity contribution in [3.05, 3.63) is 100 Å². The zero-order valence-electron chi connectivity index (χ0n) is 29.2. The van der Waals surface area contributed by atoms with E-state index in [2.05, 4.69) is 30.1 Å². The molecule has 1 amide bonds. The van der Waals surface area contributed by atoms with E-state index in [4.69, 9.17) is 14.2 Å². The van der Waals surface area contributed by atoms with Gasteiger partial charge < -0.3 is 19.5 Å². The molecule has 3 heterocycles. The SMILES string of the molecule is COc1ccc2c(c1)cc(-c1cc(C(=O)Nc3cnn(Cc4ccc(F)c(F)c4)c3)cn(COCC[Si](C)(C)C)c1=O)n2C(=O)OC(C)(C)C. The Balaban J connectivity index is 1.54. The second-order valence-electron chi connectivity index (χ2n) is 14.2. The number of carbonyl (C=O) groups excluding carboxylic acids is 2. The highest BCUT2D eigenvalue weighted by Gasteiger charge is 2.26. The van der Waals surface area contributed by atoms with Crippen LogP contribution in [0.25, 0.3) is 22.2 Å². The number of ether oxygens (including phenoxy) is 3. The molecule has 3 aromatic heterocycles. The molecule has 2 aromatic carbocycles. The first-order valence-corrected chi connectivity index (χ1v) is 19.8. The summed E-state index contributed by atoms with van der Waals surface area (Å²) >= 11 is 0. The fourth-order valence-electron chi connectivity index (χ4n) is 5.15. The number of methoxy groups -OCH3 is 1. The Hall–Kier alpha value is -5.08. The topological polar surface area (TPSA) is 119 Å². The van der Waals surface area contributed by atoms with Crippen LogP contribution in [0, 0.1) is 11.6 Å². The van der Waals surface area contributed by atoms with Crippen molar-refractivity contribution < 1.29 is 32.6 Å². The molecule has 0 bridgehead atoms. The molecule has 0 aliphatic rings. The molecule has 0 aliphatic carbocycles. The molecule has 0 fully saturated rings. The summed E-state index contributed by atoms with van der Waals surface area (Å²) in [5, 5.41) is 7.63. The molecular weight excluding hydrogens is 665 g/mol. The van der Waals surface area contributed by atoms with Gasteiger partial charge >= 0.3 is 6.09 Å². The van der Waals surface area contributed by atoms with Crippen LogP contribution in [-0.2, 0) is 22.7 Å². The van der Waals surface area contributed by atoms with Crippen LogP contribution >= 0.6 is 0 Å². The number of halogens is 2. The Morgan fingerprint density at radius 1 is 0.980 bits per heavy atom. The van der Waals surface area contributed by atoms with Gasteiger partial charge in [0.05, 0.1) is 47.9 Å². The molecule has 11 nitrogen and oxygen atoms in total. The van der Waals surface area contributed by atoms with Crippen LogP contribution in [0.4, 0.5) is 19.3 Å². The molecule has 5 aromatic rings. The zero-order valence-corrected chi connectivity index (χ0v) is 30.2. The van der Waals surface area contributed by atoms with Crippen molar-refractivity contribution in [2.45, 2.75) is 65.3 Å². The van der Waals surface area contributed by atoms with Crippen molar-refractivity contribution >= 4 is 36.7 Å². The number of benzene rings is 2. The number of carbonyl (C=O) groups is 2. The van der Waals surface area contributed by atoms with Crippen molar-refractivity contribution in [3.8, 4) is 17.0 Å². The fraction of sp³-hybridized carbons (Fsp3) is 0.333. The van der Waals surface area contributed by atoms with Gasteiger partial charge in [-0.3, -0.25) is 18.8 Å². The molecule has 5 rings (SSSR count). The highest BCUT2D eigenvalue weighted by molar-refractivity contribution is 6.76. The summed E-state index contributed by atoms with van der Waals surface area (Å²) in [6.07, 6.45) is 3.67. The number of amides is 1. The maximum absolute atomic E-state index is 14.1. The quantitative estimate of drug-likeness (QED) is 0.113. The lowest BCUT2D eigenvalue weighted by molar-refractivity contribution is 0.0547. The average molecular weight is 706 g/mol. The van der Waals surface area contributed by atoms with Crippen LogP contribution in [0.1, 0.15) is 36.7 Å². The lowest BCUT2D eigenvalue weighted by Gasteiger charge is -2.21. The van der Waals surface area contributed by atoms with E-state index in [1.807, 2.05) is 0 Å². The number of rotatable bonds is 11. The Morgan fingerprint density at radius 3 is 2.42 bits per heavy atom. The molecule has 0 aliphatic heterocycles. The van der Waals surface area contributed by atoms with Crippen LogP contribution in [0.5, 0.6) is 5.75 Å². The molecule has 50 heavy (non-hydrogen) atoms. The third-order valence-electron chi connectivity index (χ3n) is 7.66. The zero-order chi connectivity index (χ0) is 36.4. The van der Waals surface area contributed by atoms with Crippen molar-refractivity contribution in [1.82, 2.24) is 18.9 Å². The predicted octanol–water partition coefficient (Wildman–Crippen LogP) is 7.35. The smallest absolute Gasteiger partial charge is 0.419 e. The third kappa shape index (κ3) is 8.73. The number of fused-ring (bicyclic) bond motifs is 1. The monoisotopic (exact) mass is 705 g/mol. The third-order valence-corrected chi connectivity index (χ3v) is 9.36. The summed E-state index contributed by atoms with van der Waals surface area (Å²) < 4.78 is 48.2. The Labute approximate surface area is 289 Å². The van der Waals surface area contributed by atoms with Crippen molar-refractivity contribution in [2.24, 2.45) is 0 Å². The van der Waals surface area contributed by atoms with E-state index in [1.165, 1.54) is 45.5 Å². The molecule has 0 saturated heterocycles. The minimum absolute atomic E-state index is 0.0708. The molecular formula is C36H41F2N5O6Si. The Kier molecular flexibility index (Phi) is 10.4. The van der Waals surface area contributed by atoms with E-state index in [0.717, 1.165) is 18.2 Å². The number of hydrogen-bond acceptors (Lipinski definition) is 7.